The van der Waals surface area contributed by atoms with Gasteiger partial charge >= 0.3 is 0 Å². The first-order chi connectivity index (χ1) is 8.65. The highest BCUT2D eigenvalue weighted by atomic mass is 16.3. The topological polar surface area (TPSA) is 16.4 Å². The molecule has 2 rings (SSSR count). The molecule has 2 heterocycles. The highest BCUT2D eigenvalue weighted by Crippen LogP contribution is 2.21. The van der Waals surface area contributed by atoms with Gasteiger partial charge in [-0.2, -0.15) is 0 Å². The zero-order valence-electron chi connectivity index (χ0n) is 12.7. The summed E-state index contributed by atoms with van der Waals surface area (Å²) in [5.74, 6) is 3.63. The van der Waals surface area contributed by atoms with Gasteiger partial charge < -0.3 is 4.42 Å². The van der Waals surface area contributed by atoms with Crippen LogP contribution in [0.2, 0.25) is 0 Å². The summed E-state index contributed by atoms with van der Waals surface area (Å²) in [6.45, 7) is 14.1. The van der Waals surface area contributed by atoms with Gasteiger partial charge in [0, 0.05) is 5.92 Å². The molecule has 0 N–H and O–H groups in total. The Bertz CT molecular complexity index is 322. The van der Waals surface area contributed by atoms with Crippen LogP contribution in [0.25, 0.3) is 0 Å². The van der Waals surface area contributed by atoms with Gasteiger partial charge in [0.05, 0.1) is 6.54 Å². The zero-order chi connectivity index (χ0) is 13.5. The smallest absolute Gasteiger partial charge is 0.118 e. The maximum atomic E-state index is 5.83. The van der Waals surface area contributed by atoms with Gasteiger partial charge in [0.25, 0.3) is 0 Å². The minimum absolute atomic E-state index is 0.495. The van der Waals surface area contributed by atoms with Gasteiger partial charge in [0.15, 0.2) is 0 Å². The molecule has 104 valence electrons. The molecule has 0 radical (unpaired) electrons. The van der Waals surface area contributed by atoms with E-state index in [1.165, 1.54) is 25.9 Å². The minimum atomic E-state index is 0.495. The molecule has 0 spiro atoms. The van der Waals surface area contributed by atoms with Gasteiger partial charge in [-0.05, 0) is 44.0 Å². The molecule has 0 aromatic carbocycles. The number of likely N-dealkylation sites (tertiary alicyclic amines) is 1. The van der Waals surface area contributed by atoms with Crippen LogP contribution in [0, 0.1) is 5.92 Å². The molecule has 0 unspecified atom stereocenters. The Morgan fingerprint density at radius 2 is 1.83 bits per heavy atom. The SMILES string of the molecule is CC.CC1CCN(Cc2ccc(C(C)C)o2)CC1. The van der Waals surface area contributed by atoms with Crippen LogP contribution in [-0.4, -0.2) is 18.0 Å². The molecule has 1 aliphatic rings. The lowest BCUT2D eigenvalue weighted by Crippen LogP contribution is -2.32. The van der Waals surface area contributed by atoms with Crippen LogP contribution in [-0.2, 0) is 6.54 Å². The molecular formula is C16H29NO. The molecule has 0 aliphatic carbocycles. The van der Waals surface area contributed by atoms with Gasteiger partial charge in [-0.25, -0.2) is 0 Å². The second kappa shape index (κ2) is 7.63. The minimum Gasteiger partial charge on any atom is -0.464 e. The lowest BCUT2D eigenvalue weighted by Gasteiger charge is -2.29. The van der Waals surface area contributed by atoms with Crippen molar-refractivity contribution < 1.29 is 4.42 Å². The van der Waals surface area contributed by atoms with Crippen LogP contribution in [0.3, 0.4) is 0 Å². The number of furan rings is 1. The van der Waals surface area contributed by atoms with Crippen LogP contribution in [0.1, 0.15) is 64.9 Å². The predicted molar refractivity (Wildman–Crippen MR) is 77.8 cm³/mol. The fourth-order valence-corrected chi connectivity index (χ4v) is 2.23. The van der Waals surface area contributed by atoms with E-state index in [9.17, 15) is 0 Å². The summed E-state index contributed by atoms with van der Waals surface area (Å²) in [4.78, 5) is 2.50. The molecule has 1 aromatic heterocycles. The molecule has 1 fully saturated rings. The Morgan fingerprint density at radius 3 is 2.33 bits per heavy atom. The van der Waals surface area contributed by atoms with Crippen molar-refractivity contribution in [3.63, 3.8) is 0 Å². The molecule has 0 saturated carbocycles. The van der Waals surface area contributed by atoms with Gasteiger partial charge in [0.1, 0.15) is 11.5 Å². The summed E-state index contributed by atoms with van der Waals surface area (Å²) >= 11 is 0. The Kier molecular flexibility index (Phi) is 6.48. The van der Waals surface area contributed by atoms with Crippen molar-refractivity contribution in [2.24, 2.45) is 5.92 Å². The van der Waals surface area contributed by atoms with Crippen LogP contribution >= 0.6 is 0 Å². The number of hydrogen-bond acceptors (Lipinski definition) is 2. The molecule has 0 atom stereocenters. The van der Waals surface area contributed by atoms with Crippen molar-refractivity contribution in [2.75, 3.05) is 13.1 Å². The summed E-state index contributed by atoms with van der Waals surface area (Å²) in [7, 11) is 0. The standard InChI is InChI=1S/C14H23NO.C2H6/c1-11(2)14-5-4-13(16-14)10-15-8-6-12(3)7-9-15;1-2/h4-5,11-12H,6-10H2,1-3H3;1-2H3. The number of piperidine rings is 1. The molecule has 1 aromatic rings. The normalized spacial score (nSPS) is 17.7. The Hall–Kier alpha value is -0.760. The number of nitrogens with zero attached hydrogens (tertiary/aromatic N) is 1. The maximum absolute atomic E-state index is 5.83. The first-order valence-electron chi connectivity index (χ1n) is 7.46. The Labute approximate surface area is 112 Å². The monoisotopic (exact) mass is 251 g/mol. The van der Waals surface area contributed by atoms with Crippen molar-refractivity contribution in [2.45, 2.75) is 59.9 Å². The average molecular weight is 251 g/mol. The molecule has 2 nitrogen and oxygen atoms in total. The lowest BCUT2D eigenvalue weighted by molar-refractivity contribution is 0.172. The van der Waals surface area contributed by atoms with Crippen molar-refractivity contribution in [1.29, 1.82) is 0 Å². The van der Waals surface area contributed by atoms with Crippen LogP contribution in [0.15, 0.2) is 16.5 Å². The van der Waals surface area contributed by atoms with E-state index < -0.39 is 0 Å². The molecule has 0 bridgehead atoms. The van der Waals surface area contributed by atoms with E-state index in [0.717, 1.165) is 24.0 Å². The largest absolute Gasteiger partial charge is 0.464 e. The maximum Gasteiger partial charge on any atom is 0.118 e. The average Bonchev–Trinajstić information content (AvgIpc) is 2.83. The quantitative estimate of drug-likeness (QED) is 0.776. The number of hydrogen-bond donors (Lipinski definition) is 0. The fourth-order valence-electron chi connectivity index (χ4n) is 2.23. The summed E-state index contributed by atoms with van der Waals surface area (Å²) in [6, 6.07) is 4.25. The van der Waals surface area contributed by atoms with Crippen LogP contribution < -0.4 is 0 Å². The van der Waals surface area contributed by atoms with Crippen molar-refractivity contribution in [1.82, 2.24) is 4.90 Å². The Morgan fingerprint density at radius 1 is 1.22 bits per heavy atom. The highest BCUT2D eigenvalue weighted by molar-refractivity contribution is 5.10. The zero-order valence-corrected chi connectivity index (χ0v) is 12.7. The van der Waals surface area contributed by atoms with E-state index in [4.69, 9.17) is 4.42 Å². The second-order valence-corrected chi connectivity index (χ2v) is 5.42. The van der Waals surface area contributed by atoms with Gasteiger partial charge in [-0.3, -0.25) is 4.90 Å². The third-order valence-corrected chi connectivity index (χ3v) is 3.51. The van der Waals surface area contributed by atoms with Gasteiger partial charge in [-0.1, -0.05) is 34.6 Å². The third kappa shape index (κ3) is 4.49. The van der Waals surface area contributed by atoms with E-state index in [1.807, 2.05) is 13.8 Å². The van der Waals surface area contributed by atoms with Crippen LogP contribution in [0.5, 0.6) is 0 Å². The lowest BCUT2D eigenvalue weighted by atomic mass is 9.99. The summed E-state index contributed by atoms with van der Waals surface area (Å²) in [5, 5.41) is 0. The Balaban J connectivity index is 0.000000771. The molecule has 18 heavy (non-hydrogen) atoms. The summed E-state index contributed by atoms with van der Waals surface area (Å²) in [5.41, 5.74) is 0. The van der Waals surface area contributed by atoms with Crippen molar-refractivity contribution >= 4 is 0 Å². The van der Waals surface area contributed by atoms with Crippen molar-refractivity contribution in [3.05, 3.63) is 23.7 Å². The summed E-state index contributed by atoms with van der Waals surface area (Å²) < 4.78 is 5.83. The molecule has 2 heteroatoms. The van der Waals surface area contributed by atoms with Gasteiger partial charge in [0.2, 0.25) is 0 Å². The van der Waals surface area contributed by atoms with Crippen LogP contribution in [0.4, 0.5) is 0 Å². The first kappa shape index (κ1) is 15.3. The van der Waals surface area contributed by atoms with E-state index >= 15 is 0 Å². The fraction of sp³-hybridized carbons (Fsp3) is 0.750. The predicted octanol–water partition coefficient (Wildman–Crippen LogP) is 4.66. The molecular weight excluding hydrogens is 222 g/mol. The third-order valence-electron chi connectivity index (χ3n) is 3.51. The number of rotatable bonds is 3. The van der Waals surface area contributed by atoms with E-state index in [-0.39, 0.29) is 0 Å². The molecule has 0 amide bonds. The van der Waals surface area contributed by atoms with Crippen molar-refractivity contribution in [3.8, 4) is 0 Å². The highest BCUT2D eigenvalue weighted by Gasteiger charge is 2.17. The molecule has 1 saturated heterocycles. The van der Waals surface area contributed by atoms with E-state index in [0.29, 0.717) is 5.92 Å². The summed E-state index contributed by atoms with van der Waals surface area (Å²) in [6.07, 6.45) is 2.66. The second-order valence-electron chi connectivity index (χ2n) is 5.42. The van der Waals surface area contributed by atoms with E-state index in [2.05, 4.69) is 37.8 Å². The first-order valence-corrected chi connectivity index (χ1v) is 7.46. The van der Waals surface area contributed by atoms with E-state index in [1.54, 1.807) is 0 Å². The molecule has 1 aliphatic heterocycles. The van der Waals surface area contributed by atoms with Gasteiger partial charge in [-0.15, -0.1) is 0 Å².